The average molecular weight is 645 g/mol. The molecule has 13 heteroatoms. The highest BCUT2D eigenvalue weighted by molar-refractivity contribution is 6.44. The number of rotatable bonds is 14. The van der Waals surface area contributed by atoms with Crippen LogP contribution in [-0.2, 0) is 22.5 Å². The Balaban J connectivity index is 1.24. The Bertz CT molecular complexity index is 1420. The highest BCUT2D eigenvalue weighted by Crippen LogP contribution is 2.28. The van der Waals surface area contributed by atoms with E-state index in [1.807, 2.05) is 48.6 Å². The lowest BCUT2D eigenvalue weighted by atomic mass is 9.96. The SMILES string of the molecule is NCCCCC(NC(=O)OCc1ccccc1)C(=O)c1noc(CC2C=CC(OC(=O)NCC3C=C(Cl)C(Cl)=CC3)=CC2)n1. The quantitative estimate of drug-likeness (QED) is 0.174. The summed E-state index contributed by atoms with van der Waals surface area (Å²) >= 11 is 12.0. The molecule has 44 heavy (non-hydrogen) atoms. The summed E-state index contributed by atoms with van der Waals surface area (Å²) in [5.74, 6) is 0.134. The van der Waals surface area contributed by atoms with E-state index < -0.39 is 24.0 Å². The third-order valence-corrected chi connectivity index (χ3v) is 7.76. The summed E-state index contributed by atoms with van der Waals surface area (Å²) in [6, 6.07) is 8.34. The number of Topliss-reactive ketones (excluding diaryl/α,β-unsaturated/α-hetero) is 1. The van der Waals surface area contributed by atoms with Gasteiger partial charge in [0.1, 0.15) is 12.4 Å². The van der Waals surface area contributed by atoms with Gasteiger partial charge in [-0.25, -0.2) is 9.59 Å². The fraction of sp³-hybridized carbons (Fsp3) is 0.387. The van der Waals surface area contributed by atoms with E-state index in [4.69, 9.17) is 42.9 Å². The van der Waals surface area contributed by atoms with E-state index in [1.54, 1.807) is 12.2 Å². The van der Waals surface area contributed by atoms with Crippen LogP contribution in [0.3, 0.4) is 0 Å². The van der Waals surface area contributed by atoms with Crippen molar-refractivity contribution in [2.75, 3.05) is 13.1 Å². The molecule has 11 nitrogen and oxygen atoms in total. The first kappa shape index (κ1) is 33.0. The number of carbonyl (C=O) groups excluding carboxylic acids is 3. The first-order chi connectivity index (χ1) is 21.3. The summed E-state index contributed by atoms with van der Waals surface area (Å²) in [6.07, 6.45) is 11.0. The Morgan fingerprint density at radius 1 is 1.05 bits per heavy atom. The van der Waals surface area contributed by atoms with Gasteiger partial charge in [-0.1, -0.05) is 76.9 Å². The molecule has 0 saturated heterocycles. The molecule has 1 aromatic heterocycles. The zero-order chi connectivity index (χ0) is 31.3. The highest BCUT2D eigenvalue weighted by Gasteiger charge is 2.27. The molecule has 0 spiro atoms. The van der Waals surface area contributed by atoms with Gasteiger partial charge in [-0.15, -0.1) is 0 Å². The number of unbranched alkanes of at least 4 members (excludes halogenated alkanes) is 1. The molecule has 0 fully saturated rings. The van der Waals surface area contributed by atoms with Crippen LogP contribution in [0, 0.1) is 11.8 Å². The number of nitrogens with two attached hydrogens (primary N) is 1. The Labute approximate surface area is 265 Å². The van der Waals surface area contributed by atoms with Gasteiger partial charge in [-0.3, -0.25) is 4.79 Å². The number of benzene rings is 1. The first-order valence-corrected chi connectivity index (χ1v) is 15.2. The van der Waals surface area contributed by atoms with Crippen molar-refractivity contribution in [3.63, 3.8) is 0 Å². The van der Waals surface area contributed by atoms with Gasteiger partial charge in [0, 0.05) is 13.0 Å². The molecule has 0 radical (unpaired) electrons. The Hall–Kier alpha value is -3.93. The second-order valence-corrected chi connectivity index (χ2v) is 11.2. The molecule has 2 aromatic rings. The van der Waals surface area contributed by atoms with Crippen LogP contribution >= 0.6 is 23.2 Å². The van der Waals surface area contributed by atoms with Crippen LogP contribution < -0.4 is 16.4 Å². The Kier molecular flexibility index (Phi) is 12.6. The number of halogens is 2. The fourth-order valence-corrected chi connectivity index (χ4v) is 4.97. The van der Waals surface area contributed by atoms with Crippen LogP contribution in [0.2, 0.25) is 0 Å². The number of amides is 2. The number of hydrogen-bond acceptors (Lipinski definition) is 9. The van der Waals surface area contributed by atoms with Crippen LogP contribution in [0.25, 0.3) is 0 Å². The van der Waals surface area contributed by atoms with Crippen molar-refractivity contribution >= 4 is 41.2 Å². The maximum atomic E-state index is 13.2. The van der Waals surface area contributed by atoms with E-state index in [-0.39, 0.29) is 30.2 Å². The van der Waals surface area contributed by atoms with Gasteiger partial charge >= 0.3 is 12.2 Å². The number of alkyl carbamates (subject to hydrolysis) is 2. The van der Waals surface area contributed by atoms with Gasteiger partial charge in [0.15, 0.2) is 0 Å². The molecule has 1 aromatic carbocycles. The standard InChI is InChI=1S/C31H35Cl2N5O6/c32-24-14-11-22(16-25(24)33)18-35-30(40)43-23-12-9-20(10-13-23)17-27-37-29(38-44-27)28(39)26(8-4-5-15-34)36-31(41)42-19-21-6-2-1-3-7-21/h1-3,6-7,9,12-14,16,20,22,26H,4-5,8,10-11,15,17-19,34H2,(H,35,40)(H,36,41). The molecule has 4 N–H and O–H groups in total. The van der Waals surface area contributed by atoms with Crippen molar-refractivity contribution < 1.29 is 28.4 Å². The Morgan fingerprint density at radius 2 is 1.84 bits per heavy atom. The molecular formula is C31H35Cl2N5O6. The molecule has 0 aliphatic heterocycles. The summed E-state index contributed by atoms with van der Waals surface area (Å²) in [6.45, 7) is 0.906. The summed E-state index contributed by atoms with van der Waals surface area (Å²) < 4.78 is 16.0. The van der Waals surface area contributed by atoms with Crippen LogP contribution in [0.15, 0.2) is 81.1 Å². The predicted octanol–water partition coefficient (Wildman–Crippen LogP) is 5.67. The lowest BCUT2D eigenvalue weighted by molar-refractivity contribution is 0.0896. The molecule has 2 aliphatic rings. The molecular weight excluding hydrogens is 609 g/mol. The van der Waals surface area contributed by atoms with E-state index in [0.29, 0.717) is 67.4 Å². The van der Waals surface area contributed by atoms with Gasteiger partial charge in [0.25, 0.3) is 0 Å². The number of hydrogen-bond donors (Lipinski definition) is 3. The summed E-state index contributed by atoms with van der Waals surface area (Å²) in [5, 5.41) is 10.2. The predicted molar refractivity (Wildman–Crippen MR) is 165 cm³/mol. The third-order valence-electron chi connectivity index (χ3n) is 6.98. The van der Waals surface area contributed by atoms with E-state index in [1.165, 1.54) is 0 Å². The lowest BCUT2D eigenvalue weighted by Gasteiger charge is -2.18. The second kappa shape index (κ2) is 16.8. The first-order valence-electron chi connectivity index (χ1n) is 14.4. The number of ketones is 1. The number of ether oxygens (including phenoxy) is 2. The number of nitrogens with one attached hydrogen (secondary N) is 2. The van der Waals surface area contributed by atoms with Crippen molar-refractivity contribution in [2.45, 2.75) is 51.2 Å². The third kappa shape index (κ3) is 10.4. The maximum absolute atomic E-state index is 13.2. The smallest absolute Gasteiger partial charge is 0.412 e. The molecule has 3 atom stereocenters. The van der Waals surface area contributed by atoms with Crippen LogP contribution in [-0.4, -0.2) is 47.2 Å². The molecule has 2 aliphatic carbocycles. The van der Waals surface area contributed by atoms with E-state index in [2.05, 4.69) is 20.8 Å². The van der Waals surface area contributed by atoms with Crippen molar-refractivity contribution in [1.29, 1.82) is 0 Å². The van der Waals surface area contributed by atoms with E-state index >= 15 is 0 Å². The summed E-state index contributed by atoms with van der Waals surface area (Å²) in [7, 11) is 0. The zero-order valence-electron chi connectivity index (χ0n) is 24.0. The van der Waals surface area contributed by atoms with Gasteiger partial charge in [0.05, 0.1) is 16.1 Å². The highest BCUT2D eigenvalue weighted by atomic mass is 35.5. The minimum absolute atomic E-state index is 0.00805. The molecule has 0 saturated carbocycles. The molecule has 0 bridgehead atoms. The normalized spacial score (nSPS) is 18.4. The number of allylic oxidation sites excluding steroid dienone is 6. The van der Waals surface area contributed by atoms with Gasteiger partial charge in [0.2, 0.25) is 17.5 Å². The molecule has 3 unspecified atom stereocenters. The zero-order valence-corrected chi connectivity index (χ0v) is 25.6. The fourth-order valence-electron chi connectivity index (χ4n) is 4.57. The van der Waals surface area contributed by atoms with Gasteiger partial charge in [-0.05, 0) is 68.2 Å². The number of aromatic nitrogens is 2. The van der Waals surface area contributed by atoms with Crippen LogP contribution in [0.1, 0.15) is 54.2 Å². The van der Waals surface area contributed by atoms with Crippen molar-refractivity contribution in [3.8, 4) is 0 Å². The summed E-state index contributed by atoms with van der Waals surface area (Å²) in [5.41, 5.74) is 6.43. The summed E-state index contributed by atoms with van der Waals surface area (Å²) in [4.78, 5) is 42.2. The van der Waals surface area contributed by atoms with Crippen molar-refractivity contribution in [1.82, 2.24) is 20.8 Å². The van der Waals surface area contributed by atoms with Crippen LogP contribution in [0.4, 0.5) is 9.59 Å². The molecule has 234 valence electrons. The van der Waals surface area contributed by atoms with E-state index in [9.17, 15) is 14.4 Å². The minimum Gasteiger partial charge on any atom is -0.445 e. The lowest BCUT2D eigenvalue weighted by Crippen LogP contribution is -2.41. The van der Waals surface area contributed by atoms with Gasteiger partial charge < -0.3 is 30.4 Å². The van der Waals surface area contributed by atoms with Crippen molar-refractivity contribution in [2.24, 2.45) is 17.6 Å². The molecule has 1 heterocycles. The van der Waals surface area contributed by atoms with E-state index in [0.717, 1.165) is 5.56 Å². The number of carbonyl (C=O) groups is 3. The Morgan fingerprint density at radius 3 is 2.57 bits per heavy atom. The monoisotopic (exact) mass is 643 g/mol. The van der Waals surface area contributed by atoms with Gasteiger partial charge in [-0.2, -0.15) is 4.98 Å². The average Bonchev–Trinajstić information content (AvgIpc) is 3.50. The topological polar surface area (TPSA) is 159 Å². The largest absolute Gasteiger partial charge is 0.445 e. The van der Waals surface area contributed by atoms with Crippen molar-refractivity contribution in [3.05, 3.63) is 93.8 Å². The maximum Gasteiger partial charge on any atom is 0.412 e. The second-order valence-electron chi connectivity index (χ2n) is 10.4. The number of nitrogens with zero attached hydrogens (tertiary/aromatic N) is 2. The minimum atomic E-state index is -0.890. The molecule has 2 amide bonds. The molecule has 4 rings (SSSR count). The van der Waals surface area contributed by atoms with Crippen LogP contribution in [0.5, 0.6) is 0 Å².